The summed E-state index contributed by atoms with van der Waals surface area (Å²) in [6.45, 7) is 4.84. The molecule has 1 aliphatic carbocycles. The molecule has 4 rings (SSSR count). The lowest BCUT2D eigenvalue weighted by Gasteiger charge is -2.20. The number of rotatable bonds is 4. The van der Waals surface area contributed by atoms with E-state index in [1.807, 2.05) is 4.90 Å². The number of hydrogen-bond donors (Lipinski definition) is 1. The molecule has 0 bridgehead atoms. The van der Waals surface area contributed by atoms with Crippen LogP contribution in [0.2, 0.25) is 0 Å². The normalized spacial score (nSPS) is 34.0. The zero-order valence-corrected chi connectivity index (χ0v) is 13.9. The minimum Gasteiger partial charge on any atom is -0.376 e. The fourth-order valence-electron chi connectivity index (χ4n) is 3.91. The monoisotopic (exact) mass is 329 g/mol. The Hall–Kier alpha value is -1.95. The van der Waals surface area contributed by atoms with Gasteiger partial charge < -0.3 is 15.0 Å². The van der Waals surface area contributed by atoms with Crippen LogP contribution < -0.4 is 5.32 Å². The molecule has 3 heterocycles. The van der Waals surface area contributed by atoms with E-state index in [1.165, 1.54) is 0 Å². The van der Waals surface area contributed by atoms with E-state index in [-0.39, 0.29) is 23.8 Å². The van der Waals surface area contributed by atoms with Crippen LogP contribution in [0.15, 0.2) is 24.5 Å². The summed E-state index contributed by atoms with van der Waals surface area (Å²) in [5.41, 5.74) is 0.568. The van der Waals surface area contributed by atoms with E-state index in [1.54, 1.807) is 24.5 Å². The van der Waals surface area contributed by atoms with Crippen molar-refractivity contribution in [2.75, 3.05) is 26.2 Å². The summed E-state index contributed by atoms with van der Waals surface area (Å²) in [4.78, 5) is 30.5. The van der Waals surface area contributed by atoms with Gasteiger partial charge in [-0.05, 0) is 24.5 Å². The molecule has 24 heavy (non-hydrogen) atoms. The van der Waals surface area contributed by atoms with Crippen LogP contribution in [-0.4, -0.2) is 54.0 Å². The molecule has 6 heteroatoms. The minimum absolute atomic E-state index is 0.107. The molecule has 2 saturated heterocycles. The predicted octanol–water partition coefficient (Wildman–Crippen LogP) is 0.941. The second-order valence-electron chi connectivity index (χ2n) is 7.31. The summed E-state index contributed by atoms with van der Waals surface area (Å²) in [5, 5.41) is 2.98. The Bertz CT molecular complexity index is 636. The molecule has 0 unspecified atom stereocenters. The second-order valence-corrected chi connectivity index (χ2v) is 7.31. The molecule has 1 saturated carbocycles. The highest BCUT2D eigenvalue weighted by Crippen LogP contribution is 2.41. The first kappa shape index (κ1) is 15.6. The first-order chi connectivity index (χ1) is 11.6. The lowest BCUT2D eigenvalue weighted by molar-refractivity contribution is -0.132. The number of carbonyl (C=O) groups excluding carboxylic acids is 2. The highest BCUT2D eigenvalue weighted by Gasteiger charge is 2.49. The van der Waals surface area contributed by atoms with Gasteiger partial charge in [0.25, 0.3) is 5.91 Å². The van der Waals surface area contributed by atoms with Crippen molar-refractivity contribution in [2.24, 2.45) is 23.7 Å². The third kappa shape index (κ3) is 2.90. The Morgan fingerprint density at radius 2 is 2.25 bits per heavy atom. The van der Waals surface area contributed by atoms with Crippen molar-refractivity contribution >= 4 is 11.8 Å². The van der Waals surface area contributed by atoms with Gasteiger partial charge in [-0.25, -0.2) is 0 Å². The zero-order valence-electron chi connectivity index (χ0n) is 13.9. The molecular weight excluding hydrogens is 306 g/mol. The standard InChI is InChI=1S/C18H23N3O3/c1-11-5-14(11)18(23)21-8-15-13(10-24-16(15)9-21)7-20-17(22)12-3-2-4-19-6-12/h2-4,6,11,13-16H,5,7-10H2,1H3,(H,20,22)/t11-,13-,14+,15-,16-/m1/s1. The lowest BCUT2D eigenvalue weighted by atomic mass is 9.93. The van der Waals surface area contributed by atoms with Crippen LogP contribution in [0, 0.1) is 23.7 Å². The van der Waals surface area contributed by atoms with E-state index in [2.05, 4.69) is 17.2 Å². The molecule has 0 spiro atoms. The summed E-state index contributed by atoms with van der Waals surface area (Å²) < 4.78 is 5.88. The van der Waals surface area contributed by atoms with E-state index in [9.17, 15) is 9.59 Å². The number of fused-ring (bicyclic) bond motifs is 1. The topological polar surface area (TPSA) is 71.5 Å². The van der Waals surface area contributed by atoms with Crippen molar-refractivity contribution in [1.82, 2.24) is 15.2 Å². The largest absolute Gasteiger partial charge is 0.376 e. The highest BCUT2D eigenvalue weighted by molar-refractivity contribution is 5.93. The lowest BCUT2D eigenvalue weighted by Crippen LogP contribution is -2.36. The molecule has 2 aliphatic heterocycles. The van der Waals surface area contributed by atoms with Crippen molar-refractivity contribution in [3.8, 4) is 0 Å². The van der Waals surface area contributed by atoms with E-state index < -0.39 is 0 Å². The molecule has 0 radical (unpaired) electrons. The first-order valence-electron chi connectivity index (χ1n) is 8.72. The van der Waals surface area contributed by atoms with E-state index in [4.69, 9.17) is 4.74 Å². The second kappa shape index (κ2) is 6.16. The van der Waals surface area contributed by atoms with Gasteiger partial charge in [0.05, 0.1) is 18.3 Å². The average molecular weight is 329 g/mol. The molecule has 1 aromatic rings. The Labute approximate surface area is 141 Å². The van der Waals surface area contributed by atoms with Crippen LogP contribution in [0.5, 0.6) is 0 Å². The fourth-order valence-corrected chi connectivity index (χ4v) is 3.91. The number of ether oxygens (including phenoxy) is 1. The smallest absolute Gasteiger partial charge is 0.252 e. The number of nitrogens with zero attached hydrogens (tertiary/aromatic N) is 2. The maximum absolute atomic E-state index is 12.4. The summed E-state index contributed by atoms with van der Waals surface area (Å²) in [6, 6.07) is 3.51. The zero-order chi connectivity index (χ0) is 16.7. The Morgan fingerprint density at radius 3 is 2.96 bits per heavy atom. The number of nitrogens with one attached hydrogen (secondary N) is 1. The van der Waals surface area contributed by atoms with E-state index >= 15 is 0 Å². The third-order valence-electron chi connectivity index (χ3n) is 5.63. The third-order valence-corrected chi connectivity index (χ3v) is 5.63. The van der Waals surface area contributed by atoms with Gasteiger partial charge >= 0.3 is 0 Å². The van der Waals surface area contributed by atoms with Gasteiger partial charge in [-0.1, -0.05) is 6.92 Å². The van der Waals surface area contributed by atoms with Gasteiger partial charge in [0.2, 0.25) is 5.91 Å². The van der Waals surface area contributed by atoms with Gasteiger partial charge in [0.15, 0.2) is 0 Å². The van der Waals surface area contributed by atoms with Crippen molar-refractivity contribution in [2.45, 2.75) is 19.4 Å². The van der Waals surface area contributed by atoms with Gasteiger partial charge in [-0.3, -0.25) is 14.6 Å². The molecule has 3 fully saturated rings. The quantitative estimate of drug-likeness (QED) is 0.892. The van der Waals surface area contributed by atoms with Crippen molar-refractivity contribution in [3.05, 3.63) is 30.1 Å². The minimum atomic E-state index is -0.107. The Morgan fingerprint density at radius 1 is 1.42 bits per heavy atom. The van der Waals surface area contributed by atoms with Crippen LogP contribution in [0.1, 0.15) is 23.7 Å². The number of aromatic nitrogens is 1. The first-order valence-corrected chi connectivity index (χ1v) is 8.72. The van der Waals surface area contributed by atoms with Gasteiger partial charge in [0.1, 0.15) is 0 Å². The van der Waals surface area contributed by atoms with Gasteiger partial charge in [0, 0.05) is 49.8 Å². The van der Waals surface area contributed by atoms with E-state index in [0.717, 1.165) is 13.0 Å². The van der Waals surface area contributed by atoms with Crippen LogP contribution in [0.3, 0.4) is 0 Å². The van der Waals surface area contributed by atoms with Crippen molar-refractivity contribution < 1.29 is 14.3 Å². The summed E-state index contributed by atoms with van der Waals surface area (Å²) in [7, 11) is 0. The predicted molar refractivity (Wildman–Crippen MR) is 87.1 cm³/mol. The molecule has 5 atom stereocenters. The molecule has 1 N–H and O–H groups in total. The van der Waals surface area contributed by atoms with Crippen molar-refractivity contribution in [3.63, 3.8) is 0 Å². The summed E-state index contributed by atoms with van der Waals surface area (Å²) in [6.07, 6.45) is 4.37. The molecule has 1 aromatic heterocycles. The molecule has 6 nitrogen and oxygen atoms in total. The number of amides is 2. The molecule has 0 aromatic carbocycles. The van der Waals surface area contributed by atoms with Crippen LogP contribution in [-0.2, 0) is 9.53 Å². The van der Waals surface area contributed by atoms with Gasteiger partial charge in [-0.2, -0.15) is 0 Å². The summed E-state index contributed by atoms with van der Waals surface area (Å²) >= 11 is 0. The molecule has 3 aliphatic rings. The Balaban J connectivity index is 1.31. The fraction of sp³-hybridized carbons (Fsp3) is 0.611. The molecular formula is C18H23N3O3. The number of likely N-dealkylation sites (tertiary alicyclic amines) is 1. The Kier molecular flexibility index (Phi) is 4.00. The summed E-state index contributed by atoms with van der Waals surface area (Å²) in [5.74, 6) is 1.55. The van der Waals surface area contributed by atoms with Crippen molar-refractivity contribution in [1.29, 1.82) is 0 Å². The van der Waals surface area contributed by atoms with Gasteiger partial charge in [-0.15, -0.1) is 0 Å². The maximum atomic E-state index is 12.4. The highest BCUT2D eigenvalue weighted by atomic mass is 16.5. The molecule has 2 amide bonds. The number of hydrogen-bond acceptors (Lipinski definition) is 4. The maximum Gasteiger partial charge on any atom is 0.252 e. The SMILES string of the molecule is C[C@@H]1C[C@@H]1C(=O)N1C[C@@H]2[C@H](CNC(=O)c3cccnc3)CO[C@@H]2C1. The van der Waals surface area contributed by atoms with Crippen LogP contribution >= 0.6 is 0 Å². The number of pyridine rings is 1. The van der Waals surface area contributed by atoms with Crippen LogP contribution in [0.25, 0.3) is 0 Å². The molecule has 128 valence electrons. The average Bonchev–Trinajstić information content (AvgIpc) is 3.02. The van der Waals surface area contributed by atoms with Crippen LogP contribution in [0.4, 0.5) is 0 Å². The number of carbonyl (C=O) groups is 2. The van der Waals surface area contributed by atoms with E-state index in [0.29, 0.717) is 43.0 Å².